The topological polar surface area (TPSA) is 83.7 Å². The third kappa shape index (κ3) is 3.26. The lowest BCUT2D eigenvalue weighted by Gasteiger charge is -2.35. The summed E-state index contributed by atoms with van der Waals surface area (Å²) in [4.78, 5) is 29.7. The lowest BCUT2D eigenvalue weighted by atomic mass is 10.2. The minimum Gasteiger partial charge on any atom is -0.805 e. The molecule has 1 fully saturated rings. The summed E-state index contributed by atoms with van der Waals surface area (Å²) < 4.78 is 6.42. The average Bonchev–Trinajstić information content (AvgIpc) is 2.78. The summed E-state index contributed by atoms with van der Waals surface area (Å²) in [5.74, 6) is 0.377. The molecule has 1 amide bonds. The zero-order valence-corrected chi connectivity index (χ0v) is 16.4. The lowest BCUT2D eigenvalue weighted by molar-refractivity contribution is -0.469. The highest BCUT2D eigenvalue weighted by Crippen LogP contribution is 2.21. The quantitative estimate of drug-likeness (QED) is 0.636. The second kappa shape index (κ2) is 7.46. The van der Waals surface area contributed by atoms with Gasteiger partial charge in [0.1, 0.15) is 11.3 Å². The average molecular weight is 394 g/mol. The van der Waals surface area contributed by atoms with Gasteiger partial charge in [-0.15, -0.1) is 0 Å². The zero-order chi connectivity index (χ0) is 20.5. The number of benzene rings is 2. The molecule has 0 aliphatic carbocycles. The number of anilines is 1. The van der Waals surface area contributed by atoms with Crippen molar-refractivity contribution in [3.05, 3.63) is 70.0 Å². The van der Waals surface area contributed by atoms with Gasteiger partial charge in [-0.3, -0.25) is 4.79 Å². The lowest BCUT2D eigenvalue weighted by Crippen LogP contribution is -2.50. The van der Waals surface area contributed by atoms with Crippen molar-refractivity contribution in [3.63, 3.8) is 0 Å². The number of nitrogens with zero attached hydrogens (tertiary/aromatic N) is 4. The molecule has 150 valence electrons. The molecule has 0 bridgehead atoms. The monoisotopic (exact) mass is 394 g/mol. The molecule has 0 radical (unpaired) electrons. The highest BCUT2D eigenvalue weighted by Gasteiger charge is 2.32. The van der Waals surface area contributed by atoms with Crippen molar-refractivity contribution in [2.24, 2.45) is 0 Å². The molecular weight excluding hydrogens is 372 g/mol. The number of para-hydroxylation sites is 2. The number of methoxy groups -OCH3 is 1. The molecule has 1 aliphatic heterocycles. The summed E-state index contributed by atoms with van der Waals surface area (Å²) in [6, 6.07) is 14.3. The van der Waals surface area contributed by atoms with Crippen LogP contribution in [0, 0.1) is 17.0 Å². The van der Waals surface area contributed by atoms with E-state index in [2.05, 4.69) is 4.90 Å². The number of rotatable bonds is 3. The third-order valence-corrected chi connectivity index (χ3v) is 5.38. The number of carbonyl (C=O) groups excluding carboxylic acids is 1. The molecule has 4 rings (SSSR count). The van der Waals surface area contributed by atoms with Crippen LogP contribution in [0.2, 0.25) is 0 Å². The molecule has 0 spiro atoms. The molecule has 0 N–H and O–H groups in total. The number of aromatic nitrogens is 2. The van der Waals surface area contributed by atoms with Crippen LogP contribution in [-0.4, -0.2) is 48.8 Å². The third-order valence-electron chi connectivity index (χ3n) is 5.38. The van der Waals surface area contributed by atoms with Crippen molar-refractivity contribution in [1.82, 2.24) is 9.63 Å². The first-order valence-electron chi connectivity index (χ1n) is 9.44. The van der Waals surface area contributed by atoms with Crippen molar-refractivity contribution in [2.45, 2.75) is 6.92 Å². The predicted octanol–water partition coefficient (Wildman–Crippen LogP) is 2.18. The molecule has 3 aromatic rings. The second-order valence-electron chi connectivity index (χ2n) is 6.99. The van der Waals surface area contributed by atoms with Crippen LogP contribution < -0.4 is 14.1 Å². The Bertz CT molecular complexity index is 1120. The number of hydrogen-bond acceptors (Lipinski definition) is 5. The van der Waals surface area contributed by atoms with Gasteiger partial charge in [0.25, 0.3) is 5.52 Å². The van der Waals surface area contributed by atoms with Crippen molar-refractivity contribution < 1.29 is 14.0 Å². The SMILES string of the molecule is COc1ccc(N2CCN(C(=O)c3c(C)n([O-])c4ccccc4[n+]3=O)CC2)cc1. The Morgan fingerprint density at radius 3 is 2.34 bits per heavy atom. The molecular formula is C21H22N4O4. The van der Waals surface area contributed by atoms with Gasteiger partial charge in [0.15, 0.2) is 0 Å². The van der Waals surface area contributed by atoms with E-state index in [1.807, 2.05) is 24.3 Å². The van der Waals surface area contributed by atoms with E-state index in [0.717, 1.165) is 11.4 Å². The predicted molar refractivity (Wildman–Crippen MR) is 110 cm³/mol. The summed E-state index contributed by atoms with van der Waals surface area (Å²) in [5, 5.41) is 12.6. The van der Waals surface area contributed by atoms with Crippen LogP contribution in [0.15, 0.2) is 48.5 Å². The molecule has 2 aromatic carbocycles. The molecule has 8 nitrogen and oxygen atoms in total. The van der Waals surface area contributed by atoms with Crippen molar-refractivity contribution >= 4 is 22.6 Å². The standard InChI is InChI=1S/C21H22N4O4/c1-15-20(25(28)19-6-4-3-5-18(19)24(15)27)21(26)23-13-11-22(12-14-23)16-7-9-17(29-2)10-8-16/h3-10H,11-14H2,1-2H3. The Hall–Kier alpha value is -3.55. The number of amides is 1. The van der Waals surface area contributed by atoms with E-state index in [1.54, 1.807) is 36.3 Å². The van der Waals surface area contributed by atoms with Gasteiger partial charge in [-0.25, -0.2) is 0 Å². The first-order valence-corrected chi connectivity index (χ1v) is 9.44. The van der Waals surface area contributed by atoms with Crippen LogP contribution in [0.4, 0.5) is 5.69 Å². The van der Waals surface area contributed by atoms with Gasteiger partial charge in [0, 0.05) is 42.8 Å². The van der Waals surface area contributed by atoms with Gasteiger partial charge in [0.2, 0.25) is 0 Å². The molecule has 2 heterocycles. The number of fused-ring (bicyclic) bond motifs is 1. The summed E-state index contributed by atoms with van der Waals surface area (Å²) in [6.45, 7) is 3.72. The van der Waals surface area contributed by atoms with Crippen molar-refractivity contribution in [2.75, 3.05) is 38.2 Å². The summed E-state index contributed by atoms with van der Waals surface area (Å²) in [7, 11) is 1.63. The van der Waals surface area contributed by atoms with Gasteiger partial charge < -0.3 is 24.5 Å². The minimum atomic E-state index is -0.415. The molecule has 1 aliphatic rings. The molecule has 29 heavy (non-hydrogen) atoms. The van der Waals surface area contributed by atoms with Gasteiger partial charge in [0.05, 0.1) is 17.2 Å². The Kier molecular flexibility index (Phi) is 4.84. The van der Waals surface area contributed by atoms with E-state index in [1.165, 1.54) is 6.92 Å². The van der Waals surface area contributed by atoms with Crippen molar-refractivity contribution in [3.8, 4) is 5.75 Å². The van der Waals surface area contributed by atoms with Crippen LogP contribution in [-0.2, 0) is 0 Å². The maximum Gasteiger partial charge on any atom is 0.346 e. The van der Waals surface area contributed by atoms with E-state index >= 15 is 0 Å². The molecule has 0 unspecified atom stereocenters. The fraction of sp³-hybridized carbons (Fsp3) is 0.286. The van der Waals surface area contributed by atoms with Gasteiger partial charge in [-0.1, -0.05) is 12.1 Å². The van der Waals surface area contributed by atoms with Crippen LogP contribution in [0.5, 0.6) is 5.75 Å². The first kappa shape index (κ1) is 18.8. The summed E-state index contributed by atoms with van der Waals surface area (Å²) in [6.07, 6.45) is 0. The maximum atomic E-state index is 13.1. The molecule has 8 heteroatoms. The normalized spacial score (nSPS) is 14.3. The van der Waals surface area contributed by atoms with Crippen molar-refractivity contribution in [1.29, 1.82) is 0 Å². The largest absolute Gasteiger partial charge is 0.805 e. The van der Waals surface area contributed by atoms with Gasteiger partial charge in [-0.2, -0.15) is 0 Å². The minimum absolute atomic E-state index is 0.112. The van der Waals surface area contributed by atoms with Gasteiger partial charge >= 0.3 is 11.6 Å². The Morgan fingerprint density at radius 2 is 1.69 bits per heavy atom. The fourth-order valence-corrected chi connectivity index (χ4v) is 3.70. The highest BCUT2D eigenvalue weighted by molar-refractivity contribution is 5.93. The van der Waals surface area contributed by atoms with E-state index in [4.69, 9.17) is 4.74 Å². The smallest absolute Gasteiger partial charge is 0.346 e. The van der Waals surface area contributed by atoms with E-state index in [0.29, 0.717) is 35.3 Å². The van der Waals surface area contributed by atoms with E-state index < -0.39 is 5.91 Å². The fourth-order valence-electron chi connectivity index (χ4n) is 3.70. The van der Waals surface area contributed by atoms with Crippen LogP contribution in [0.3, 0.4) is 0 Å². The number of piperazine rings is 1. The molecule has 1 aromatic heterocycles. The summed E-state index contributed by atoms with van der Waals surface area (Å²) >= 11 is 0. The number of carbonyl (C=O) groups is 1. The van der Waals surface area contributed by atoms with Crippen LogP contribution >= 0.6 is 0 Å². The summed E-state index contributed by atoms with van der Waals surface area (Å²) in [5.41, 5.74) is 1.49. The van der Waals surface area contributed by atoms with Crippen LogP contribution in [0.25, 0.3) is 11.0 Å². The Balaban J connectivity index is 1.56. The maximum absolute atomic E-state index is 13.1. The second-order valence-corrected chi connectivity index (χ2v) is 6.99. The molecule has 0 atom stereocenters. The molecule has 1 saturated heterocycles. The number of hydrogen-bond donors (Lipinski definition) is 0. The van der Waals surface area contributed by atoms with Crippen LogP contribution in [0.1, 0.15) is 16.2 Å². The zero-order valence-electron chi connectivity index (χ0n) is 16.4. The molecule has 0 saturated carbocycles. The Morgan fingerprint density at radius 1 is 1.03 bits per heavy atom. The first-order chi connectivity index (χ1) is 14.0. The van der Waals surface area contributed by atoms with E-state index in [9.17, 15) is 14.9 Å². The number of ether oxygens (including phenoxy) is 1. The van der Waals surface area contributed by atoms with Gasteiger partial charge in [-0.05, 0) is 37.3 Å². The highest BCUT2D eigenvalue weighted by atomic mass is 16.5. The van der Waals surface area contributed by atoms with E-state index in [-0.39, 0.29) is 22.4 Å². The Labute approximate surface area is 167 Å².